The van der Waals surface area contributed by atoms with Crippen molar-refractivity contribution in [2.24, 2.45) is 0 Å². The normalized spacial score (nSPS) is 13.3. The first kappa shape index (κ1) is 15.0. The minimum absolute atomic E-state index is 1.19. The van der Waals surface area contributed by atoms with Crippen LogP contribution in [0.5, 0.6) is 0 Å². The molecule has 0 saturated carbocycles. The molecule has 0 aromatic heterocycles. The van der Waals surface area contributed by atoms with Gasteiger partial charge in [0.05, 0.1) is 0 Å². The van der Waals surface area contributed by atoms with Crippen LogP contribution in [-0.2, 0) is 12.8 Å². The molecule has 3 aromatic carbocycles. The van der Waals surface area contributed by atoms with Crippen molar-refractivity contribution in [2.45, 2.75) is 0 Å². The summed E-state index contributed by atoms with van der Waals surface area (Å²) in [6.07, 6.45) is 0. The van der Waals surface area contributed by atoms with Crippen molar-refractivity contribution in [3.05, 3.63) is 91.0 Å². The Morgan fingerprint density at radius 3 is 1.00 bits per heavy atom. The van der Waals surface area contributed by atoms with Crippen molar-refractivity contribution in [1.29, 1.82) is 0 Å². The average Bonchev–Trinajstić information content (AvgIpc) is 2.57. The van der Waals surface area contributed by atoms with Crippen molar-refractivity contribution in [3.63, 3.8) is 0 Å². The molecule has 0 bridgehead atoms. The van der Waals surface area contributed by atoms with E-state index in [-0.39, 0.29) is 0 Å². The molecular weight excluding hydrogens is 389 g/mol. The average molecular weight is 406 g/mol. The Hall–Kier alpha value is -0.958. The van der Waals surface area contributed by atoms with Gasteiger partial charge >= 0.3 is 133 Å². The Morgan fingerprint density at radius 1 is 0.524 bits per heavy atom. The quantitative estimate of drug-likeness (QED) is 0.461. The van der Waals surface area contributed by atoms with Gasteiger partial charge in [-0.2, -0.15) is 0 Å². The summed E-state index contributed by atoms with van der Waals surface area (Å²) in [5.74, 6) is 0. The molecule has 3 rings (SSSR count). The summed E-state index contributed by atoms with van der Waals surface area (Å²) in [6, 6.07) is 31.3. The molecule has 0 spiro atoms. The molecule has 0 nitrogen and oxygen atoms in total. The summed E-state index contributed by atoms with van der Waals surface area (Å²) < 4.78 is 3.57. The topological polar surface area (TPSA) is 0 Å². The third-order valence-electron chi connectivity index (χ3n) is 3.21. The van der Waals surface area contributed by atoms with E-state index in [1.165, 1.54) is 12.1 Å². The van der Waals surface area contributed by atoms with E-state index < -0.39 is 12.8 Å². The molecule has 0 saturated heterocycles. The molecule has 0 N–H and O–H groups in total. The van der Waals surface area contributed by atoms with Crippen LogP contribution in [0.25, 0.3) is 0 Å². The summed E-state index contributed by atoms with van der Waals surface area (Å²) in [6.45, 7) is 0. The predicted octanol–water partition coefficient (Wildman–Crippen LogP) is 3.60. The molecular formula is C18H17ClPPd. The predicted molar refractivity (Wildman–Crippen MR) is 93.8 cm³/mol. The molecule has 0 fully saturated rings. The number of hydrogen-bond acceptors (Lipinski definition) is 0. The summed E-state index contributed by atoms with van der Waals surface area (Å²) in [4.78, 5) is 0. The fraction of sp³-hybridized carbons (Fsp3) is 0. The Labute approximate surface area is 132 Å². The van der Waals surface area contributed by atoms with E-state index in [9.17, 15) is 0 Å². The zero-order chi connectivity index (χ0) is 14.8. The van der Waals surface area contributed by atoms with Crippen molar-refractivity contribution >= 4 is 29.1 Å². The van der Waals surface area contributed by atoms with Gasteiger partial charge in [-0.15, -0.1) is 0 Å². The maximum absolute atomic E-state index is 7.50. The van der Waals surface area contributed by atoms with Gasteiger partial charge in [0, 0.05) is 0 Å². The van der Waals surface area contributed by atoms with Crippen LogP contribution >= 0.6 is 17.0 Å². The first-order valence-corrected chi connectivity index (χ1v) is 13.9. The molecule has 1 atom stereocenters. The van der Waals surface area contributed by atoms with Crippen molar-refractivity contribution in [1.82, 2.24) is 0 Å². The Bertz CT molecular complexity index is 624. The first-order valence-electron chi connectivity index (χ1n) is 6.51. The van der Waals surface area contributed by atoms with E-state index in [0.717, 1.165) is 0 Å². The van der Waals surface area contributed by atoms with Crippen LogP contribution in [0.15, 0.2) is 91.0 Å². The molecule has 1 unspecified atom stereocenters. The van der Waals surface area contributed by atoms with Crippen LogP contribution in [0, 0.1) is 0 Å². The van der Waals surface area contributed by atoms with E-state index in [1.54, 1.807) is 0 Å². The molecule has 21 heavy (non-hydrogen) atoms. The van der Waals surface area contributed by atoms with Gasteiger partial charge in [0.1, 0.15) is 0 Å². The Balaban J connectivity index is 2.36. The van der Waals surface area contributed by atoms with E-state index in [0.29, 0.717) is 0 Å². The van der Waals surface area contributed by atoms with Gasteiger partial charge in [-0.3, -0.25) is 0 Å². The van der Waals surface area contributed by atoms with Crippen LogP contribution in [0.1, 0.15) is 0 Å². The van der Waals surface area contributed by atoms with Crippen LogP contribution in [0.3, 0.4) is 0 Å². The van der Waals surface area contributed by atoms with Gasteiger partial charge in [0.2, 0.25) is 0 Å². The third-order valence-corrected chi connectivity index (χ3v) is 16.2. The number of rotatable bonds is 3. The van der Waals surface area contributed by atoms with Gasteiger partial charge in [-0.1, -0.05) is 0 Å². The van der Waals surface area contributed by atoms with E-state index in [1.807, 2.05) is 18.2 Å². The molecule has 3 heteroatoms. The Morgan fingerprint density at radius 2 is 0.762 bits per heavy atom. The molecule has 0 aliphatic carbocycles. The van der Waals surface area contributed by atoms with E-state index >= 15 is 0 Å². The fourth-order valence-corrected chi connectivity index (χ4v) is 11.2. The van der Waals surface area contributed by atoms with Gasteiger partial charge in [0.25, 0.3) is 0 Å². The summed E-state index contributed by atoms with van der Waals surface area (Å²) in [7, 11) is 10.5. The summed E-state index contributed by atoms with van der Waals surface area (Å²) >= 11 is -3.41. The van der Waals surface area contributed by atoms with Crippen LogP contribution in [0.2, 0.25) is 0 Å². The SMILES string of the molecule is [PH2][Pd]([Cl])([c]1ccccc1)([c]1ccccc1)[c]1ccccc1. The Kier molecular flexibility index (Phi) is 4.04. The number of hydrogen-bond donors (Lipinski definition) is 0. The first-order chi connectivity index (χ1) is 10.1. The van der Waals surface area contributed by atoms with Crippen molar-refractivity contribution in [3.8, 4) is 0 Å². The van der Waals surface area contributed by atoms with Crippen molar-refractivity contribution in [2.75, 3.05) is 0 Å². The second kappa shape index (κ2) is 5.68. The van der Waals surface area contributed by atoms with Crippen LogP contribution in [0.4, 0.5) is 0 Å². The second-order valence-electron chi connectivity index (χ2n) is 4.54. The molecule has 0 heterocycles. The van der Waals surface area contributed by atoms with Gasteiger partial charge in [-0.05, 0) is 0 Å². The fourth-order valence-electron chi connectivity index (χ4n) is 2.14. The van der Waals surface area contributed by atoms with E-state index in [2.05, 4.69) is 80.2 Å². The van der Waals surface area contributed by atoms with E-state index in [4.69, 9.17) is 9.53 Å². The van der Waals surface area contributed by atoms with Crippen molar-refractivity contribution < 1.29 is 12.8 Å². The summed E-state index contributed by atoms with van der Waals surface area (Å²) in [5.41, 5.74) is 0. The zero-order valence-electron chi connectivity index (χ0n) is 11.4. The number of benzene rings is 3. The minimum atomic E-state index is -3.41. The standard InChI is InChI=1S/3C6H5.ClH.H2P.Pd/c3*1-2-4-6-5-3-1;;;/h3*1-5H;1H;1H2;/q;;;;-1;+2/p-1. The molecule has 0 radical (unpaired) electrons. The maximum atomic E-state index is 7.50. The van der Waals surface area contributed by atoms with Gasteiger partial charge in [0.15, 0.2) is 0 Å². The van der Waals surface area contributed by atoms with Crippen LogP contribution in [-0.4, -0.2) is 0 Å². The second-order valence-corrected chi connectivity index (χ2v) is 19.6. The number of halogens is 1. The third kappa shape index (κ3) is 2.50. The van der Waals surface area contributed by atoms with Gasteiger partial charge in [-0.25, -0.2) is 0 Å². The molecule has 0 amide bonds. The molecule has 0 aliphatic rings. The monoisotopic (exact) mass is 405 g/mol. The molecule has 3 aromatic rings. The zero-order valence-corrected chi connectivity index (χ0v) is 14.9. The van der Waals surface area contributed by atoms with Gasteiger partial charge < -0.3 is 0 Å². The van der Waals surface area contributed by atoms with Crippen LogP contribution < -0.4 is 12.1 Å². The molecule has 0 aliphatic heterocycles. The molecule has 111 valence electrons. The summed E-state index contributed by atoms with van der Waals surface area (Å²) in [5, 5.41) is 0.